The van der Waals surface area contributed by atoms with Crippen molar-refractivity contribution in [1.82, 2.24) is 10.2 Å². The number of nitrogens with one attached hydrogen (secondary N) is 1. The maximum Gasteiger partial charge on any atom is 0.270 e. The summed E-state index contributed by atoms with van der Waals surface area (Å²) in [5, 5.41) is 14.4. The Labute approximate surface area is 128 Å². The number of rotatable bonds is 3. The maximum absolute atomic E-state index is 12.6. The highest BCUT2D eigenvalue weighted by Crippen LogP contribution is 2.24. The van der Waals surface area contributed by atoms with E-state index in [1.807, 2.05) is 0 Å². The number of benzene rings is 1. The minimum absolute atomic E-state index is 0.126. The van der Waals surface area contributed by atoms with Crippen LogP contribution in [0.3, 0.4) is 0 Å². The standard InChI is InChI=1S/C14H18ClN3O3/c1-17(10-3-2-7-16-8-6-10)14(19)12-9-11(18(20)21)4-5-13(12)15/h4-5,9-10,16H,2-3,6-8H2,1H3. The topological polar surface area (TPSA) is 75.5 Å². The Kier molecular flexibility index (Phi) is 5.14. The fourth-order valence-corrected chi connectivity index (χ4v) is 2.73. The molecule has 0 spiro atoms. The molecular formula is C14H18ClN3O3. The first-order valence-corrected chi connectivity index (χ1v) is 7.30. The van der Waals surface area contributed by atoms with E-state index < -0.39 is 4.92 Å². The van der Waals surface area contributed by atoms with E-state index in [0.29, 0.717) is 0 Å². The van der Waals surface area contributed by atoms with Gasteiger partial charge < -0.3 is 10.2 Å². The molecule has 1 aliphatic rings. The van der Waals surface area contributed by atoms with Crippen LogP contribution in [-0.4, -0.2) is 41.9 Å². The normalized spacial score (nSPS) is 18.9. The van der Waals surface area contributed by atoms with Crippen molar-refractivity contribution >= 4 is 23.2 Å². The van der Waals surface area contributed by atoms with Crippen molar-refractivity contribution in [3.05, 3.63) is 38.9 Å². The Bertz CT molecular complexity index is 542. The van der Waals surface area contributed by atoms with E-state index in [1.165, 1.54) is 18.2 Å². The van der Waals surface area contributed by atoms with Gasteiger partial charge in [0.05, 0.1) is 15.5 Å². The number of non-ortho nitro benzene ring substituents is 1. The average Bonchev–Trinajstić information content (AvgIpc) is 2.75. The zero-order valence-electron chi connectivity index (χ0n) is 11.8. The molecule has 21 heavy (non-hydrogen) atoms. The third kappa shape index (κ3) is 3.71. The first-order chi connectivity index (χ1) is 10.0. The Balaban J connectivity index is 2.21. The van der Waals surface area contributed by atoms with Crippen molar-refractivity contribution < 1.29 is 9.72 Å². The van der Waals surface area contributed by atoms with Crippen molar-refractivity contribution in [2.24, 2.45) is 0 Å². The summed E-state index contributed by atoms with van der Waals surface area (Å²) in [5.74, 6) is -0.268. The van der Waals surface area contributed by atoms with Crippen LogP contribution in [0.4, 0.5) is 5.69 Å². The van der Waals surface area contributed by atoms with Gasteiger partial charge in [0.2, 0.25) is 0 Å². The van der Waals surface area contributed by atoms with Crippen molar-refractivity contribution in [3.63, 3.8) is 0 Å². The van der Waals surface area contributed by atoms with Gasteiger partial charge in [0.25, 0.3) is 11.6 Å². The summed E-state index contributed by atoms with van der Waals surface area (Å²) >= 11 is 6.03. The Morgan fingerprint density at radius 2 is 2.19 bits per heavy atom. The van der Waals surface area contributed by atoms with Crippen molar-refractivity contribution in [2.45, 2.75) is 25.3 Å². The Hall–Kier alpha value is -1.66. The molecule has 7 heteroatoms. The predicted molar refractivity (Wildman–Crippen MR) is 80.7 cm³/mol. The van der Waals surface area contributed by atoms with Gasteiger partial charge in [0.15, 0.2) is 0 Å². The SMILES string of the molecule is CN(C(=O)c1cc([N+](=O)[O-])ccc1Cl)C1CCCNCC1. The molecule has 1 fully saturated rings. The smallest absolute Gasteiger partial charge is 0.270 e. The molecule has 0 bridgehead atoms. The molecule has 0 aromatic heterocycles. The highest BCUT2D eigenvalue weighted by Gasteiger charge is 2.25. The maximum atomic E-state index is 12.6. The molecule has 2 rings (SSSR count). The summed E-state index contributed by atoms with van der Waals surface area (Å²) in [6.45, 7) is 1.82. The number of carbonyl (C=O) groups is 1. The fraction of sp³-hybridized carbons (Fsp3) is 0.500. The number of carbonyl (C=O) groups excluding carboxylic acids is 1. The van der Waals surface area contributed by atoms with E-state index in [9.17, 15) is 14.9 Å². The molecular weight excluding hydrogens is 294 g/mol. The molecule has 114 valence electrons. The molecule has 1 amide bonds. The van der Waals surface area contributed by atoms with E-state index >= 15 is 0 Å². The summed E-state index contributed by atoms with van der Waals surface area (Å²) in [6, 6.07) is 4.07. The molecule has 1 aromatic carbocycles. The number of halogens is 1. The number of nitro benzene ring substituents is 1. The largest absolute Gasteiger partial charge is 0.339 e. The summed E-state index contributed by atoms with van der Waals surface area (Å²) in [4.78, 5) is 24.5. The summed E-state index contributed by atoms with van der Waals surface area (Å²) < 4.78 is 0. The van der Waals surface area contributed by atoms with Crippen molar-refractivity contribution in [3.8, 4) is 0 Å². The monoisotopic (exact) mass is 311 g/mol. The van der Waals surface area contributed by atoms with Gasteiger partial charge in [-0.1, -0.05) is 11.6 Å². The number of hydrogen-bond acceptors (Lipinski definition) is 4. The number of nitrogens with zero attached hydrogens (tertiary/aromatic N) is 2. The van der Waals surface area contributed by atoms with E-state index in [-0.39, 0.29) is 28.2 Å². The van der Waals surface area contributed by atoms with Gasteiger partial charge in [-0.2, -0.15) is 0 Å². The van der Waals surface area contributed by atoms with Crippen LogP contribution in [0.2, 0.25) is 5.02 Å². The second kappa shape index (κ2) is 6.87. The number of nitro groups is 1. The second-order valence-corrected chi connectivity index (χ2v) is 5.58. The zero-order valence-corrected chi connectivity index (χ0v) is 12.6. The van der Waals surface area contributed by atoms with Crippen LogP contribution < -0.4 is 5.32 Å². The molecule has 1 saturated heterocycles. The van der Waals surface area contributed by atoms with Crippen LogP contribution >= 0.6 is 11.6 Å². The molecule has 0 aliphatic carbocycles. The zero-order chi connectivity index (χ0) is 15.4. The van der Waals surface area contributed by atoms with Crippen LogP contribution in [0.1, 0.15) is 29.6 Å². The Morgan fingerprint density at radius 1 is 1.43 bits per heavy atom. The van der Waals surface area contributed by atoms with Gasteiger partial charge in [-0.15, -0.1) is 0 Å². The van der Waals surface area contributed by atoms with E-state index in [2.05, 4.69) is 5.32 Å². The van der Waals surface area contributed by atoms with Gasteiger partial charge in [-0.05, 0) is 38.4 Å². The molecule has 0 saturated carbocycles. The second-order valence-electron chi connectivity index (χ2n) is 5.17. The minimum Gasteiger partial charge on any atom is -0.339 e. The van der Waals surface area contributed by atoms with Crippen LogP contribution in [0, 0.1) is 10.1 Å². The number of amides is 1. The van der Waals surface area contributed by atoms with Gasteiger partial charge in [0, 0.05) is 25.2 Å². The average molecular weight is 312 g/mol. The van der Waals surface area contributed by atoms with Crippen LogP contribution in [0.5, 0.6) is 0 Å². The third-order valence-corrected chi connectivity index (χ3v) is 4.13. The lowest BCUT2D eigenvalue weighted by Crippen LogP contribution is -2.37. The van der Waals surface area contributed by atoms with Crippen molar-refractivity contribution in [1.29, 1.82) is 0 Å². The third-order valence-electron chi connectivity index (χ3n) is 3.80. The molecule has 6 nitrogen and oxygen atoms in total. The molecule has 1 heterocycles. The molecule has 1 N–H and O–H groups in total. The van der Waals surface area contributed by atoms with Crippen molar-refractivity contribution in [2.75, 3.05) is 20.1 Å². The first kappa shape index (κ1) is 15.7. The summed E-state index contributed by atoms with van der Waals surface area (Å²) in [7, 11) is 1.73. The molecule has 1 unspecified atom stereocenters. The molecule has 1 atom stereocenters. The van der Waals surface area contributed by atoms with Gasteiger partial charge in [-0.3, -0.25) is 14.9 Å². The van der Waals surface area contributed by atoms with E-state index in [4.69, 9.17) is 11.6 Å². The lowest BCUT2D eigenvalue weighted by atomic mass is 10.1. The van der Waals surface area contributed by atoms with Crippen LogP contribution in [-0.2, 0) is 0 Å². The summed E-state index contributed by atoms with van der Waals surface area (Å²) in [5.41, 5.74) is 0.0595. The lowest BCUT2D eigenvalue weighted by Gasteiger charge is -2.27. The predicted octanol–water partition coefficient (Wildman–Crippen LogP) is 2.46. The van der Waals surface area contributed by atoms with E-state index in [1.54, 1.807) is 11.9 Å². The highest BCUT2D eigenvalue weighted by molar-refractivity contribution is 6.33. The van der Waals surface area contributed by atoms with Crippen LogP contribution in [0.15, 0.2) is 18.2 Å². The number of hydrogen-bond donors (Lipinski definition) is 1. The Morgan fingerprint density at radius 3 is 2.90 bits per heavy atom. The molecule has 1 aliphatic heterocycles. The molecule has 1 aromatic rings. The quantitative estimate of drug-likeness (QED) is 0.687. The lowest BCUT2D eigenvalue weighted by molar-refractivity contribution is -0.384. The van der Waals surface area contributed by atoms with Gasteiger partial charge in [0.1, 0.15) is 0 Å². The van der Waals surface area contributed by atoms with E-state index in [0.717, 1.165) is 32.4 Å². The minimum atomic E-state index is -0.525. The summed E-state index contributed by atoms with van der Waals surface area (Å²) in [6.07, 6.45) is 2.79. The van der Waals surface area contributed by atoms with Gasteiger partial charge >= 0.3 is 0 Å². The van der Waals surface area contributed by atoms with Crippen LogP contribution in [0.25, 0.3) is 0 Å². The van der Waals surface area contributed by atoms with Gasteiger partial charge in [-0.25, -0.2) is 0 Å². The fourth-order valence-electron chi connectivity index (χ4n) is 2.53. The first-order valence-electron chi connectivity index (χ1n) is 6.92. The molecule has 0 radical (unpaired) electrons. The highest BCUT2D eigenvalue weighted by atomic mass is 35.5.